The van der Waals surface area contributed by atoms with Gasteiger partial charge < -0.3 is 15.3 Å². The lowest BCUT2D eigenvalue weighted by Crippen LogP contribution is -2.40. The third-order valence-corrected chi connectivity index (χ3v) is 4.38. The SMILES string of the molecule is CC(C(=O)O)N(C)C(=O)c1ccccc1NC1CCCCC1. The van der Waals surface area contributed by atoms with Crippen LogP contribution < -0.4 is 5.32 Å². The van der Waals surface area contributed by atoms with Gasteiger partial charge in [-0.15, -0.1) is 0 Å². The van der Waals surface area contributed by atoms with Gasteiger partial charge >= 0.3 is 5.97 Å². The lowest BCUT2D eigenvalue weighted by atomic mass is 9.95. The van der Waals surface area contributed by atoms with Gasteiger partial charge in [0, 0.05) is 18.8 Å². The van der Waals surface area contributed by atoms with Gasteiger partial charge in [-0.05, 0) is 31.9 Å². The average Bonchev–Trinajstić information content (AvgIpc) is 2.54. The van der Waals surface area contributed by atoms with Crippen molar-refractivity contribution in [2.24, 2.45) is 0 Å². The van der Waals surface area contributed by atoms with Gasteiger partial charge in [0.2, 0.25) is 0 Å². The summed E-state index contributed by atoms with van der Waals surface area (Å²) in [6.07, 6.45) is 5.93. The molecule has 5 nitrogen and oxygen atoms in total. The topological polar surface area (TPSA) is 69.6 Å². The van der Waals surface area contributed by atoms with Gasteiger partial charge in [0.25, 0.3) is 5.91 Å². The summed E-state index contributed by atoms with van der Waals surface area (Å²) >= 11 is 0. The maximum Gasteiger partial charge on any atom is 0.326 e. The number of rotatable bonds is 5. The highest BCUT2D eigenvalue weighted by atomic mass is 16.4. The van der Waals surface area contributed by atoms with E-state index in [4.69, 9.17) is 5.11 Å². The minimum absolute atomic E-state index is 0.270. The van der Waals surface area contributed by atoms with E-state index in [9.17, 15) is 9.59 Å². The van der Waals surface area contributed by atoms with E-state index < -0.39 is 12.0 Å². The number of para-hydroxylation sites is 1. The number of carboxylic acid groups (broad SMARTS) is 1. The molecule has 0 bridgehead atoms. The average molecular weight is 304 g/mol. The van der Waals surface area contributed by atoms with E-state index in [0.29, 0.717) is 11.6 Å². The lowest BCUT2D eigenvalue weighted by Gasteiger charge is -2.27. The zero-order valence-electron chi connectivity index (χ0n) is 13.2. The number of carbonyl (C=O) groups excluding carboxylic acids is 1. The molecule has 1 unspecified atom stereocenters. The number of nitrogens with one attached hydrogen (secondary N) is 1. The molecule has 1 aromatic rings. The van der Waals surface area contributed by atoms with Crippen molar-refractivity contribution in [3.63, 3.8) is 0 Å². The molecule has 1 saturated carbocycles. The van der Waals surface area contributed by atoms with Crippen LogP contribution in [0.1, 0.15) is 49.4 Å². The minimum Gasteiger partial charge on any atom is -0.480 e. The van der Waals surface area contributed by atoms with Crippen molar-refractivity contribution in [1.82, 2.24) is 4.90 Å². The minimum atomic E-state index is -1.01. The summed E-state index contributed by atoms with van der Waals surface area (Å²) < 4.78 is 0. The van der Waals surface area contributed by atoms with Crippen LogP contribution in [-0.4, -0.2) is 41.0 Å². The maximum absolute atomic E-state index is 12.6. The molecule has 0 aliphatic heterocycles. The van der Waals surface area contributed by atoms with Gasteiger partial charge in [0.1, 0.15) is 6.04 Å². The highest BCUT2D eigenvalue weighted by Crippen LogP contribution is 2.24. The van der Waals surface area contributed by atoms with Crippen LogP contribution in [-0.2, 0) is 4.79 Å². The van der Waals surface area contributed by atoms with Crippen molar-refractivity contribution < 1.29 is 14.7 Å². The number of benzene rings is 1. The van der Waals surface area contributed by atoms with Gasteiger partial charge in [-0.3, -0.25) is 4.79 Å². The second-order valence-electron chi connectivity index (χ2n) is 5.96. The second-order valence-corrected chi connectivity index (χ2v) is 5.96. The lowest BCUT2D eigenvalue weighted by molar-refractivity contribution is -0.141. The molecule has 1 aromatic carbocycles. The molecule has 120 valence electrons. The van der Waals surface area contributed by atoms with Crippen molar-refractivity contribution in [3.05, 3.63) is 29.8 Å². The fourth-order valence-electron chi connectivity index (χ4n) is 2.79. The summed E-state index contributed by atoms with van der Waals surface area (Å²) in [5.74, 6) is -1.28. The number of amides is 1. The zero-order valence-corrected chi connectivity index (χ0v) is 13.2. The summed E-state index contributed by atoms with van der Waals surface area (Å²) in [7, 11) is 1.53. The van der Waals surface area contributed by atoms with E-state index in [1.807, 2.05) is 12.1 Å². The molecule has 2 rings (SSSR count). The Bertz CT molecular complexity index is 538. The van der Waals surface area contributed by atoms with E-state index in [1.54, 1.807) is 12.1 Å². The maximum atomic E-state index is 12.6. The number of carboxylic acids is 1. The summed E-state index contributed by atoms with van der Waals surface area (Å²) in [6.45, 7) is 1.51. The first-order valence-corrected chi connectivity index (χ1v) is 7.86. The summed E-state index contributed by atoms with van der Waals surface area (Å²) in [4.78, 5) is 24.9. The summed E-state index contributed by atoms with van der Waals surface area (Å²) in [5, 5.41) is 12.5. The van der Waals surface area contributed by atoms with Gasteiger partial charge in [-0.2, -0.15) is 0 Å². The van der Waals surface area contributed by atoms with Crippen molar-refractivity contribution >= 4 is 17.6 Å². The monoisotopic (exact) mass is 304 g/mol. The van der Waals surface area contributed by atoms with E-state index in [0.717, 1.165) is 18.5 Å². The Labute approximate surface area is 131 Å². The molecule has 22 heavy (non-hydrogen) atoms. The number of anilines is 1. The Balaban J connectivity index is 2.16. The van der Waals surface area contributed by atoms with Gasteiger partial charge in [-0.1, -0.05) is 31.4 Å². The Morgan fingerprint density at radius 2 is 1.86 bits per heavy atom. The molecule has 0 saturated heterocycles. The highest BCUT2D eigenvalue weighted by molar-refractivity contribution is 6.01. The first-order chi connectivity index (χ1) is 10.5. The molecule has 1 fully saturated rings. The molecule has 1 aliphatic carbocycles. The van der Waals surface area contributed by atoms with E-state index in [2.05, 4.69) is 5.32 Å². The second kappa shape index (κ2) is 7.29. The van der Waals surface area contributed by atoms with E-state index in [-0.39, 0.29) is 5.91 Å². The van der Waals surface area contributed by atoms with E-state index in [1.165, 1.54) is 38.1 Å². The van der Waals surface area contributed by atoms with Crippen molar-refractivity contribution in [2.75, 3.05) is 12.4 Å². The molecule has 2 N–H and O–H groups in total. The summed E-state index contributed by atoms with van der Waals surface area (Å²) in [6, 6.07) is 6.88. The molecule has 1 amide bonds. The molecule has 0 radical (unpaired) electrons. The van der Waals surface area contributed by atoms with Crippen LogP contribution in [0, 0.1) is 0 Å². The first kappa shape index (κ1) is 16.3. The molecular formula is C17H24N2O3. The number of aliphatic carboxylic acids is 1. The Hall–Kier alpha value is -2.04. The molecule has 0 heterocycles. The Morgan fingerprint density at radius 1 is 1.23 bits per heavy atom. The molecule has 0 spiro atoms. The largest absolute Gasteiger partial charge is 0.480 e. The number of hydrogen-bond acceptors (Lipinski definition) is 3. The van der Waals surface area contributed by atoms with Crippen molar-refractivity contribution in [3.8, 4) is 0 Å². The number of hydrogen-bond donors (Lipinski definition) is 2. The van der Waals surface area contributed by atoms with Crippen molar-refractivity contribution in [1.29, 1.82) is 0 Å². The number of likely N-dealkylation sites (N-methyl/N-ethyl adjacent to an activating group) is 1. The van der Waals surface area contributed by atoms with Crippen LogP contribution >= 0.6 is 0 Å². The predicted molar refractivity (Wildman–Crippen MR) is 86.1 cm³/mol. The van der Waals surface area contributed by atoms with Crippen molar-refractivity contribution in [2.45, 2.75) is 51.1 Å². The molecule has 1 atom stereocenters. The molecule has 5 heteroatoms. The van der Waals surface area contributed by atoms with Crippen LogP contribution in [0.25, 0.3) is 0 Å². The Kier molecular flexibility index (Phi) is 5.41. The zero-order chi connectivity index (χ0) is 16.1. The fourth-order valence-corrected chi connectivity index (χ4v) is 2.79. The normalized spacial score (nSPS) is 16.8. The Morgan fingerprint density at radius 3 is 2.50 bits per heavy atom. The molecular weight excluding hydrogens is 280 g/mol. The molecule has 1 aliphatic rings. The number of carbonyl (C=O) groups is 2. The first-order valence-electron chi connectivity index (χ1n) is 7.86. The smallest absolute Gasteiger partial charge is 0.326 e. The van der Waals surface area contributed by atoms with Crippen LogP contribution in [0.4, 0.5) is 5.69 Å². The van der Waals surface area contributed by atoms with Gasteiger partial charge in [0.15, 0.2) is 0 Å². The fraction of sp³-hybridized carbons (Fsp3) is 0.529. The third-order valence-electron chi connectivity index (χ3n) is 4.38. The predicted octanol–water partition coefficient (Wildman–Crippen LogP) is 2.98. The standard InChI is InChI=1S/C17H24N2O3/c1-12(17(21)22)19(2)16(20)14-10-6-7-11-15(14)18-13-8-4-3-5-9-13/h6-7,10-13,18H,3-5,8-9H2,1-2H3,(H,21,22). The quantitative estimate of drug-likeness (QED) is 0.877. The molecule has 0 aromatic heterocycles. The third kappa shape index (κ3) is 3.78. The van der Waals surface area contributed by atoms with Crippen LogP contribution in [0.5, 0.6) is 0 Å². The van der Waals surface area contributed by atoms with Crippen LogP contribution in [0.3, 0.4) is 0 Å². The highest BCUT2D eigenvalue weighted by Gasteiger charge is 2.25. The van der Waals surface area contributed by atoms with Crippen LogP contribution in [0.2, 0.25) is 0 Å². The number of nitrogens with zero attached hydrogens (tertiary/aromatic N) is 1. The van der Waals surface area contributed by atoms with E-state index >= 15 is 0 Å². The van der Waals surface area contributed by atoms with Gasteiger partial charge in [0.05, 0.1) is 5.56 Å². The van der Waals surface area contributed by atoms with Crippen LogP contribution in [0.15, 0.2) is 24.3 Å². The summed E-state index contributed by atoms with van der Waals surface area (Å²) in [5.41, 5.74) is 1.33. The van der Waals surface area contributed by atoms with Gasteiger partial charge in [-0.25, -0.2) is 4.79 Å².